The molecule has 2 amide bonds. The van der Waals surface area contributed by atoms with Crippen molar-refractivity contribution in [3.8, 4) is 6.07 Å². The number of carbonyl (C=O) groups excluding carboxylic acids is 2. The largest absolute Gasteiger partial charge is 0.399 e. The van der Waals surface area contributed by atoms with Gasteiger partial charge in [-0.05, 0) is 24.3 Å². The Labute approximate surface area is 153 Å². The number of nitrogens with zero attached hydrogens (tertiary/aromatic N) is 4. The van der Waals surface area contributed by atoms with Crippen molar-refractivity contribution in [2.45, 2.75) is 6.92 Å². The summed E-state index contributed by atoms with van der Waals surface area (Å²) in [6.45, 7) is 5.23. The molecule has 4 N–H and O–H groups in total. The number of anilines is 2. The maximum absolute atomic E-state index is 12.7. The van der Waals surface area contributed by atoms with Crippen LogP contribution in [0.2, 0.25) is 0 Å². The smallest absolute Gasteiger partial charge is 0.266 e. The first-order valence-electron chi connectivity index (χ1n) is 8.45. The lowest BCUT2D eigenvalue weighted by molar-refractivity contribution is -0.128. The summed E-state index contributed by atoms with van der Waals surface area (Å²) in [5.41, 5.74) is 12.2. The minimum absolute atomic E-state index is 0.0794. The van der Waals surface area contributed by atoms with E-state index in [2.05, 4.69) is 4.90 Å². The highest BCUT2D eigenvalue weighted by Gasteiger charge is 2.24. The summed E-state index contributed by atoms with van der Waals surface area (Å²) >= 11 is 0. The van der Waals surface area contributed by atoms with Crippen molar-refractivity contribution in [2.24, 2.45) is 5.73 Å². The number of hydrogen-bond donors (Lipinski definition) is 2. The van der Waals surface area contributed by atoms with Gasteiger partial charge in [0.1, 0.15) is 11.6 Å². The minimum atomic E-state index is -0.374. The Kier molecular flexibility index (Phi) is 6.72. The molecule has 1 fully saturated rings. The summed E-state index contributed by atoms with van der Waals surface area (Å²) in [6, 6.07) is 8.56. The number of benzene rings is 1. The molecule has 1 heterocycles. The van der Waals surface area contributed by atoms with Crippen molar-refractivity contribution in [1.29, 1.82) is 5.26 Å². The Morgan fingerprint density at radius 2 is 1.85 bits per heavy atom. The van der Waals surface area contributed by atoms with E-state index in [1.54, 1.807) is 29.2 Å². The fourth-order valence-corrected chi connectivity index (χ4v) is 2.77. The summed E-state index contributed by atoms with van der Waals surface area (Å²) in [5.74, 6) is -0.676. The van der Waals surface area contributed by atoms with E-state index in [4.69, 9.17) is 11.5 Å². The first-order valence-corrected chi connectivity index (χ1v) is 8.45. The molecule has 2 rings (SSSR count). The highest BCUT2D eigenvalue weighted by atomic mass is 16.2. The molecule has 0 unspecified atom stereocenters. The van der Waals surface area contributed by atoms with Crippen molar-refractivity contribution < 1.29 is 9.59 Å². The van der Waals surface area contributed by atoms with Crippen molar-refractivity contribution in [2.75, 3.05) is 49.9 Å². The fraction of sp³-hybridized carbons (Fsp3) is 0.389. The molecule has 8 nitrogen and oxygen atoms in total. The number of nitriles is 1. The van der Waals surface area contributed by atoms with Crippen LogP contribution >= 0.6 is 0 Å². The lowest BCUT2D eigenvalue weighted by Crippen LogP contribution is -2.50. The van der Waals surface area contributed by atoms with Crippen LogP contribution in [0.1, 0.15) is 6.92 Å². The van der Waals surface area contributed by atoms with Gasteiger partial charge < -0.3 is 16.4 Å². The van der Waals surface area contributed by atoms with Gasteiger partial charge in [-0.1, -0.05) is 0 Å². The molecule has 0 radical (unpaired) electrons. The van der Waals surface area contributed by atoms with E-state index in [0.29, 0.717) is 31.0 Å². The van der Waals surface area contributed by atoms with Crippen molar-refractivity contribution in [3.05, 3.63) is 36.0 Å². The molecule has 1 aromatic rings. The topological polar surface area (TPSA) is 120 Å². The Bertz CT molecular complexity index is 714. The molecular formula is C18H24N6O2. The van der Waals surface area contributed by atoms with E-state index in [0.717, 1.165) is 19.6 Å². The summed E-state index contributed by atoms with van der Waals surface area (Å²) in [6.07, 6.45) is 1.29. The van der Waals surface area contributed by atoms with Crippen LogP contribution in [0.3, 0.4) is 0 Å². The molecule has 0 atom stereocenters. The van der Waals surface area contributed by atoms with E-state index < -0.39 is 0 Å². The molecule has 26 heavy (non-hydrogen) atoms. The third-order valence-corrected chi connectivity index (χ3v) is 4.22. The Morgan fingerprint density at radius 1 is 1.23 bits per heavy atom. The molecule has 0 aromatic heterocycles. The van der Waals surface area contributed by atoms with Gasteiger partial charge in [-0.3, -0.25) is 19.4 Å². The second kappa shape index (κ2) is 8.99. The molecule has 138 valence electrons. The summed E-state index contributed by atoms with van der Waals surface area (Å²) in [4.78, 5) is 29.7. The summed E-state index contributed by atoms with van der Waals surface area (Å²) in [7, 11) is 0. The van der Waals surface area contributed by atoms with Gasteiger partial charge in [-0.2, -0.15) is 5.26 Å². The van der Waals surface area contributed by atoms with Crippen LogP contribution in [-0.4, -0.2) is 60.9 Å². The maximum Gasteiger partial charge on any atom is 0.266 e. The number of carbonyl (C=O) groups is 2. The van der Waals surface area contributed by atoms with E-state index in [1.807, 2.05) is 6.07 Å². The zero-order valence-electron chi connectivity index (χ0n) is 14.9. The Morgan fingerprint density at radius 3 is 2.35 bits per heavy atom. The summed E-state index contributed by atoms with van der Waals surface area (Å²) in [5, 5.41) is 9.43. The van der Waals surface area contributed by atoms with E-state index in [-0.39, 0.29) is 17.4 Å². The fourth-order valence-electron chi connectivity index (χ4n) is 2.77. The molecule has 8 heteroatoms. The van der Waals surface area contributed by atoms with Gasteiger partial charge in [-0.15, -0.1) is 0 Å². The second-order valence-corrected chi connectivity index (χ2v) is 6.06. The summed E-state index contributed by atoms with van der Waals surface area (Å²) < 4.78 is 0. The first-order chi connectivity index (χ1) is 12.5. The number of amides is 2. The predicted molar refractivity (Wildman–Crippen MR) is 99.8 cm³/mol. The predicted octanol–water partition coefficient (Wildman–Crippen LogP) is 0.132. The first kappa shape index (κ1) is 19.4. The van der Waals surface area contributed by atoms with Crippen molar-refractivity contribution >= 4 is 23.2 Å². The average Bonchev–Trinajstić information content (AvgIpc) is 2.64. The molecule has 1 aliphatic heterocycles. The number of nitrogen functional groups attached to an aromatic ring is 1. The van der Waals surface area contributed by atoms with Crippen molar-refractivity contribution in [1.82, 2.24) is 9.80 Å². The molecule has 0 saturated carbocycles. The van der Waals surface area contributed by atoms with Gasteiger partial charge >= 0.3 is 0 Å². The number of nitrogens with two attached hydrogens (primary N) is 2. The minimum Gasteiger partial charge on any atom is -0.399 e. The SMILES string of the molecule is CC(=O)N(/C=C(/C#N)C(=O)N1CCN(CCN)CC1)c1ccc(N)cc1. The lowest BCUT2D eigenvalue weighted by atomic mass is 10.2. The standard InChI is InChI=1S/C18H24N6O2/c1-14(25)24(17-4-2-16(21)3-5-17)13-15(12-20)18(26)23-10-8-22(7-6-19)9-11-23/h2-5,13H,6-11,19,21H2,1H3/b15-13-. The molecular weight excluding hydrogens is 332 g/mol. The van der Waals surface area contributed by atoms with Crippen LogP contribution in [0.4, 0.5) is 11.4 Å². The second-order valence-electron chi connectivity index (χ2n) is 6.06. The highest BCUT2D eigenvalue weighted by molar-refractivity contribution is 6.01. The van der Waals surface area contributed by atoms with Gasteiger partial charge in [-0.25, -0.2) is 0 Å². The van der Waals surface area contributed by atoms with E-state index >= 15 is 0 Å². The quantitative estimate of drug-likeness (QED) is 0.440. The Balaban J connectivity index is 2.16. The normalized spacial score (nSPS) is 15.4. The number of rotatable bonds is 5. The maximum atomic E-state index is 12.7. The van der Waals surface area contributed by atoms with Crippen LogP contribution < -0.4 is 16.4 Å². The lowest BCUT2D eigenvalue weighted by Gasteiger charge is -2.34. The third kappa shape index (κ3) is 4.81. The molecule has 0 bridgehead atoms. The molecule has 1 aromatic carbocycles. The van der Waals surface area contributed by atoms with Gasteiger partial charge in [0.15, 0.2) is 0 Å². The molecule has 1 saturated heterocycles. The highest BCUT2D eigenvalue weighted by Crippen LogP contribution is 2.19. The molecule has 0 spiro atoms. The van der Waals surface area contributed by atoms with Crippen LogP contribution in [0, 0.1) is 11.3 Å². The van der Waals surface area contributed by atoms with Gasteiger partial charge in [0.2, 0.25) is 5.91 Å². The van der Waals surface area contributed by atoms with Crippen molar-refractivity contribution in [3.63, 3.8) is 0 Å². The van der Waals surface area contributed by atoms with E-state index in [1.165, 1.54) is 18.0 Å². The number of hydrogen-bond acceptors (Lipinski definition) is 6. The Hall–Kier alpha value is -2.89. The van der Waals surface area contributed by atoms with E-state index in [9.17, 15) is 14.9 Å². The van der Waals surface area contributed by atoms with Crippen LogP contribution in [-0.2, 0) is 9.59 Å². The number of piperazine rings is 1. The van der Waals surface area contributed by atoms with Crippen LogP contribution in [0.15, 0.2) is 36.0 Å². The van der Waals surface area contributed by atoms with Crippen LogP contribution in [0.5, 0.6) is 0 Å². The van der Waals surface area contributed by atoms with Gasteiger partial charge in [0.25, 0.3) is 5.91 Å². The van der Waals surface area contributed by atoms with Crippen LogP contribution in [0.25, 0.3) is 0 Å². The zero-order valence-corrected chi connectivity index (χ0v) is 14.9. The monoisotopic (exact) mass is 356 g/mol. The molecule has 0 aliphatic carbocycles. The average molecular weight is 356 g/mol. The third-order valence-electron chi connectivity index (χ3n) is 4.22. The van der Waals surface area contributed by atoms with Gasteiger partial charge in [0, 0.05) is 63.8 Å². The van der Waals surface area contributed by atoms with Gasteiger partial charge in [0.05, 0.1) is 0 Å². The zero-order chi connectivity index (χ0) is 19.1. The molecule has 1 aliphatic rings.